The first-order chi connectivity index (χ1) is 17.4. The molecule has 0 spiro atoms. The number of nitrogens with one attached hydrogen (secondary N) is 2. The van der Waals surface area contributed by atoms with Crippen molar-refractivity contribution in [3.8, 4) is 5.75 Å². The summed E-state index contributed by atoms with van der Waals surface area (Å²) in [4.78, 5) is 49.3. The Morgan fingerprint density at radius 2 is 1.81 bits per heavy atom. The van der Waals surface area contributed by atoms with Gasteiger partial charge in [-0.3, -0.25) is 14.5 Å². The molecule has 2 N–H and O–H groups in total. The van der Waals surface area contributed by atoms with Crippen molar-refractivity contribution in [3.63, 3.8) is 0 Å². The van der Waals surface area contributed by atoms with Gasteiger partial charge < -0.3 is 24.5 Å². The normalized spacial score (nSPS) is 13.2. The molecule has 3 aromatic carbocycles. The number of carbonyl (C=O) groups is 4. The van der Waals surface area contributed by atoms with Gasteiger partial charge in [-0.15, -0.1) is 0 Å². The van der Waals surface area contributed by atoms with Gasteiger partial charge in [-0.05, 0) is 29.8 Å². The largest absolute Gasteiger partial charge is 0.495 e. The summed E-state index contributed by atoms with van der Waals surface area (Å²) in [6, 6.07) is 16.8. The number of benzene rings is 3. The van der Waals surface area contributed by atoms with Crippen LogP contribution in [0.4, 0.5) is 10.5 Å². The molecule has 1 saturated heterocycles. The smallest absolute Gasteiger partial charge is 0.338 e. The van der Waals surface area contributed by atoms with E-state index in [4.69, 9.17) is 13.9 Å². The van der Waals surface area contributed by atoms with Crippen molar-refractivity contribution >= 4 is 51.4 Å². The van der Waals surface area contributed by atoms with Gasteiger partial charge in [0, 0.05) is 16.8 Å². The quantitative estimate of drug-likeness (QED) is 0.302. The van der Waals surface area contributed by atoms with Gasteiger partial charge >= 0.3 is 12.0 Å². The van der Waals surface area contributed by atoms with E-state index >= 15 is 0 Å². The number of ether oxygens (including phenoxy) is 2. The lowest BCUT2D eigenvalue weighted by Crippen LogP contribution is -2.30. The highest BCUT2D eigenvalue weighted by Gasteiger charge is 2.28. The van der Waals surface area contributed by atoms with Crippen LogP contribution in [0.3, 0.4) is 0 Å². The highest BCUT2D eigenvalue weighted by molar-refractivity contribution is 6.08. The lowest BCUT2D eigenvalue weighted by molar-refractivity contribution is -0.125. The molecule has 1 aliphatic heterocycles. The van der Waals surface area contributed by atoms with E-state index in [0.29, 0.717) is 28.2 Å². The third-order valence-electron chi connectivity index (χ3n) is 5.77. The standard InChI is InChI=1S/C26H21N3O7/c1-34-22-10-18-17-4-2-3-5-20(17)36-21(18)11-19(22)28-23(30)14-35-25(32)16-8-6-15(7-9-16)13-29-24(31)12-27-26(29)33/h2-11H,12-14H2,1H3,(H,27,33)(H,28,30). The van der Waals surface area contributed by atoms with Crippen molar-refractivity contribution in [2.75, 3.05) is 25.6 Å². The third kappa shape index (κ3) is 4.43. The maximum atomic E-state index is 12.5. The van der Waals surface area contributed by atoms with Crippen LogP contribution in [0.25, 0.3) is 21.9 Å². The molecular formula is C26H21N3O7. The Balaban J connectivity index is 1.21. The average molecular weight is 487 g/mol. The van der Waals surface area contributed by atoms with Crippen LogP contribution in [-0.2, 0) is 20.9 Å². The zero-order valence-corrected chi connectivity index (χ0v) is 19.2. The van der Waals surface area contributed by atoms with Gasteiger partial charge in [0.2, 0.25) is 5.91 Å². The SMILES string of the molecule is COc1cc2c(cc1NC(=O)COC(=O)c1ccc(CN3C(=O)CNC3=O)cc1)oc1ccccc12. The molecule has 0 unspecified atom stereocenters. The molecular weight excluding hydrogens is 466 g/mol. The first-order valence-corrected chi connectivity index (χ1v) is 11.1. The average Bonchev–Trinajstić information content (AvgIpc) is 3.41. The van der Waals surface area contributed by atoms with Gasteiger partial charge in [0.25, 0.3) is 5.91 Å². The highest BCUT2D eigenvalue weighted by Crippen LogP contribution is 2.36. The summed E-state index contributed by atoms with van der Waals surface area (Å²) in [5.74, 6) is -1.11. The predicted molar refractivity (Wildman–Crippen MR) is 130 cm³/mol. The van der Waals surface area contributed by atoms with Crippen LogP contribution in [0.1, 0.15) is 15.9 Å². The van der Waals surface area contributed by atoms with Crippen LogP contribution >= 0.6 is 0 Å². The number of rotatable bonds is 7. The van der Waals surface area contributed by atoms with Gasteiger partial charge in [0.15, 0.2) is 6.61 Å². The Hall–Kier alpha value is -4.86. The molecule has 0 saturated carbocycles. The molecule has 0 bridgehead atoms. The number of esters is 1. The number of amides is 4. The van der Waals surface area contributed by atoms with Crippen molar-refractivity contribution in [1.29, 1.82) is 0 Å². The summed E-state index contributed by atoms with van der Waals surface area (Å²) in [5.41, 5.74) is 2.58. The summed E-state index contributed by atoms with van der Waals surface area (Å²) < 4.78 is 16.4. The van der Waals surface area contributed by atoms with Crippen LogP contribution in [0.15, 0.2) is 65.1 Å². The highest BCUT2D eigenvalue weighted by atomic mass is 16.5. The van der Waals surface area contributed by atoms with Gasteiger partial charge in [-0.25, -0.2) is 9.59 Å². The molecule has 5 rings (SSSR count). The summed E-state index contributed by atoms with van der Waals surface area (Å²) in [6.45, 7) is -0.437. The number of furan rings is 1. The fourth-order valence-electron chi connectivity index (χ4n) is 3.96. The predicted octanol–water partition coefficient (Wildman–Crippen LogP) is 3.44. The summed E-state index contributed by atoms with van der Waals surface area (Å²) >= 11 is 0. The van der Waals surface area contributed by atoms with Gasteiger partial charge in [-0.1, -0.05) is 30.3 Å². The van der Waals surface area contributed by atoms with E-state index in [2.05, 4.69) is 10.6 Å². The topological polar surface area (TPSA) is 127 Å². The lowest BCUT2D eigenvalue weighted by Gasteiger charge is -2.12. The molecule has 182 valence electrons. The number of hydrogen-bond acceptors (Lipinski definition) is 7. The minimum atomic E-state index is -0.689. The molecule has 10 nitrogen and oxygen atoms in total. The van der Waals surface area contributed by atoms with Gasteiger partial charge in [0.05, 0.1) is 31.5 Å². The Labute approximate surface area is 204 Å². The molecule has 4 amide bonds. The molecule has 2 heterocycles. The van der Waals surface area contributed by atoms with E-state index < -0.39 is 24.5 Å². The second kappa shape index (κ2) is 9.41. The zero-order chi connectivity index (χ0) is 25.2. The minimum absolute atomic E-state index is 0.0245. The number of imide groups is 1. The van der Waals surface area contributed by atoms with E-state index in [1.165, 1.54) is 19.2 Å². The second-order valence-corrected chi connectivity index (χ2v) is 8.11. The first kappa shape index (κ1) is 22.9. The zero-order valence-electron chi connectivity index (χ0n) is 19.2. The van der Waals surface area contributed by atoms with Crippen LogP contribution in [0, 0.1) is 0 Å². The second-order valence-electron chi connectivity index (χ2n) is 8.11. The molecule has 0 atom stereocenters. The van der Waals surface area contributed by atoms with Crippen LogP contribution in [0.2, 0.25) is 0 Å². The molecule has 4 aromatic rings. The van der Waals surface area contributed by atoms with Gasteiger partial charge in [0.1, 0.15) is 16.9 Å². The Morgan fingerprint density at radius 3 is 2.53 bits per heavy atom. The molecule has 1 fully saturated rings. The van der Waals surface area contributed by atoms with Gasteiger partial charge in [-0.2, -0.15) is 0 Å². The molecule has 10 heteroatoms. The van der Waals surface area contributed by atoms with E-state index in [1.807, 2.05) is 24.3 Å². The Morgan fingerprint density at radius 1 is 1.03 bits per heavy atom. The minimum Gasteiger partial charge on any atom is -0.495 e. The van der Waals surface area contributed by atoms with E-state index in [0.717, 1.165) is 15.7 Å². The Kier molecular flexibility index (Phi) is 5.99. The molecule has 36 heavy (non-hydrogen) atoms. The number of methoxy groups -OCH3 is 1. The summed E-state index contributed by atoms with van der Waals surface area (Å²) in [5, 5.41) is 6.92. The maximum Gasteiger partial charge on any atom is 0.338 e. The van der Waals surface area contributed by atoms with Crippen LogP contribution in [-0.4, -0.2) is 49.0 Å². The fraction of sp³-hybridized carbons (Fsp3) is 0.154. The van der Waals surface area contributed by atoms with Crippen molar-refractivity contribution in [3.05, 3.63) is 71.8 Å². The number of hydrogen-bond donors (Lipinski definition) is 2. The molecule has 1 aromatic heterocycles. The molecule has 0 aliphatic carbocycles. The fourth-order valence-corrected chi connectivity index (χ4v) is 3.96. The van der Waals surface area contributed by atoms with Crippen molar-refractivity contribution in [1.82, 2.24) is 10.2 Å². The van der Waals surface area contributed by atoms with Crippen molar-refractivity contribution in [2.24, 2.45) is 0 Å². The van der Waals surface area contributed by atoms with Crippen molar-refractivity contribution < 1.29 is 33.1 Å². The number of fused-ring (bicyclic) bond motifs is 3. The third-order valence-corrected chi connectivity index (χ3v) is 5.77. The lowest BCUT2D eigenvalue weighted by atomic mass is 10.1. The molecule has 1 aliphatic rings. The number of carbonyl (C=O) groups excluding carboxylic acids is 4. The Bertz CT molecular complexity index is 1490. The van der Waals surface area contributed by atoms with E-state index in [9.17, 15) is 19.2 Å². The monoisotopic (exact) mass is 487 g/mol. The number of anilines is 1. The molecule has 0 radical (unpaired) electrons. The summed E-state index contributed by atoms with van der Waals surface area (Å²) in [6.07, 6.45) is 0. The number of para-hydroxylation sites is 1. The first-order valence-electron chi connectivity index (χ1n) is 11.1. The number of urea groups is 1. The number of nitrogens with zero attached hydrogens (tertiary/aromatic N) is 1. The van der Waals surface area contributed by atoms with Crippen LogP contribution in [0.5, 0.6) is 5.75 Å². The van der Waals surface area contributed by atoms with Crippen LogP contribution < -0.4 is 15.4 Å². The van der Waals surface area contributed by atoms with E-state index in [1.54, 1.807) is 24.3 Å². The maximum absolute atomic E-state index is 12.5. The summed E-state index contributed by atoms with van der Waals surface area (Å²) in [7, 11) is 1.49. The van der Waals surface area contributed by atoms with Crippen molar-refractivity contribution in [2.45, 2.75) is 6.54 Å². The van der Waals surface area contributed by atoms with E-state index in [-0.39, 0.29) is 24.6 Å².